The van der Waals surface area contributed by atoms with Gasteiger partial charge in [0.15, 0.2) is 0 Å². The molecule has 0 fully saturated rings. The minimum atomic E-state index is 0.184. The summed E-state index contributed by atoms with van der Waals surface area (Å²) in [5.41, 5.74) is 5.57. The van der Waals surface area contributed by atoms with E-state index in [1.54, 1.807) is 12.3 Å². The van der Waals surface area contributed by atoms with Crippen molar-refractivity contribution in [3.8, 4) is 5.88 Å². The van der Waals surface area contributed by atoms with E-state index in [-0.39, 0.29) is 5.95 Å². The molecule has 0 saturated carbocycles. The fourth-order valence-corrected chi connectivity index (χ4v) is 2.10. The number of halogens is 1. The van der Waals surface area contributed by atoms with Gasteiger partial charge in [0.05, 0.1) is 7.11 Å². The SMILES string of the molecule is COc1cc(Sc2ccc(Br)cn2)nc(N)n1. The number of pyridine rings is 1. The first kappa shape index (κ1) is 12.1. The Morgan fingerprint density at radius 2 is 2.12 bits per heavy atom. The van der Waals surface area contributed by atoms with E-state index < -0.39 is 0 Å². The lowest BCUT2D eigenvalue weighted by atomic mass is 10.5. The van der Waals surface area contributed by atoms with Gasteiger partial charge in [0.1, 0.15) is 10.1 Å². The molecule has 7 heteroatoms. The Labute approximate surface area is 111 Å². The molecule has 0 saturated heterocycles. The number of nitrogen functional groups attached to an aromatic ring is 1. The minimum Gasteiger partial charge on any atom is -0.481 e. The van der Waals surface area contributed by atoms with Crippen LogP contribution in [0, 0.1) is 0 Å². The van der Waals surface area contributed by atoms with E-state index in [1.807, 2.05) is 12.1 Å². The van der Waals surface area contributed by atoms with Crippen molar-refractivity contribution >= 4 is 33.6 Å². The lowest BCUT2D eigenvalue weighted by Gasteiger charge is -2.03. The number of nitrogens with two attached hydrogens (primary N) is 1. The molecule has 0 unspecified atom stereocenters. The smallest absolute Gasteiger partial charge is 0.224 e. The Kier molecular flexibility index (Phi) is 3.80. The number of hydrogen-bond donors (Lipinski definition) is 1. The van der Waals surface area contributed by atoms with Crippen LogP contribution in [0.2, 0.25) is 0 Å². The molecule has 2 rings (SSSR count). The van der Waals surface area contributed by atoms with E-state index >= 15 is 0 Å². The highest BCUT2D eigenvalue weighted by Crippen LogP contribution is 2.27. The molecule has 0 aliphatic heterocycles. The first-order valence-corrected chi connectivity index (χ1v) is 6.26. The van der Waals surface area contributed by atoms with Crippen molar-refractivity contribution in [2.75, 3.05) is 12.8 Å². The third-order valence-corrected chi connectivity index (χ3v) is 3.15. The van der Waals surface area contributed by atoms with Gasteiger partial charge in [0, 0.05) is 16.7 Å². The van der Waals surface area contributed by atoms with Crippen molar-refractivity contribution in [2.24, 2.45) is 0 Å². The Hall–Kier alpha value is -1.34. The summed E-state index contributed by atoms with van der Waals surface area (Å²) < 4.78 is 5.95. The third kappa shape index (κ3) is 3.31. The van der Waals surface area contributed by atoms with E-state index in [4.69, 9.17) is 10.5 Å². The first-order chi connectivity index (χ1) is 8.17. The van der Waals surface area contributed by atoms with Gasteiger partial charge in [-0.2, -0.15) is 4.98 Å². The first-order valence-electron chi connectivity index (χ1n) is 4.65. The third-order valence-electron chi connectivity index (χ3n) is 1.81. The maximum absolute atomic E-state index is 5.57. The molecule has 5 nitrogen and oxygen atoms in total. The van der Waals surface area contributed by atoms with Crippen LogP contribution < -0.4 is 10.5 Å². The Bertz CT molecular complexity index is 520. The zero-order chi connectivity index (χ0) is 12.3. The van der Waals surface area contributed by atoms with Crippen LogP contribution in [0.25, 0.3) is 0 Å². The number of methoxy groups -OCH3 is 1. The molecular formula is C10H9BrN4OS. The van der Waals surface area contributed by atoms with Gasteiger partial charge in [-0.15, -0.1) is 0 Å². The van der Waals surface area contributed by atoms with Crippen molar-refractivity contribution in [3.05, 3.63) is 28.9 Å². The molecule has 0 amide bonds. The summed E-state index contributed by atoms with van der Waals surface area (Å²) >= 11 is 4.72. The van der Waals surface area contributed by atoms with E-state index in [0.717, 1.165) is 9.50 Å². The highest BCUT2D eigenvalue weighted by molar-refractivity contribution is 9.10. The van der Waals surface area contributed by atoms with Gasteiger partial charge in [-0.3, -0.25) is 0 Å². The van der Waals surface area contributed by atoms with Gasteiger partial charge < -0.3 is 10.5 Å². The summed E-state index contributed by atoms with van der Waals surface area (Å²) in [6.45, 7) is 0. The van der Waals surface area contributed by atoms with Crippen LogP contribution in [0.4, 0.5) is 5.95 Å². The predicted molar refractivity (Wildman–Crippen MR) is 69.1 cm³/mol. The second-order valence-electron chi connectivity index (χ2n) is 3.02. The lowest BCUT2D eigenvalue weighted by Crippen LogP contribution is -1.98. The number of hydrogen-bond acceptors (Lipinski definition) is 6. The Balaban J connectivity index is 2.23. The van der Waals surface area contributed by atoms with Crippen LogP contribution in [-0.4, -0.2) is 22.1 Å². The minimum absolute atomic E-state index is 0.184. The summed E-state index contributed by atoms with van der Waals surface area (Å²) in [7, 11) is 1.54. The van der Waals surface area contributed by atoms with Crippen LogP contribution in [0.3, 0.4) is 0 Å². The summed E-state index contributed by atoms with van der Waals surface area (Å²) in [4.78, 5) is 12.2. The molecule has 0 bridgehead atoms. The average molecular weight is 313 g/mol. The van der Waals surface area contributed by atoms with E-state index in [1.165, 1.54) is 18.9 Å². The van der Waals surface area contributed by atoms with Crippen molar-refractivity contribution in [3.63, 3.8) is 0 Å². The molecule has 0 radical (unpaired) electrons. The summed E-state index contributed by atoms with van der Waals surface area (Å²) in [5, 5.41) is 1.53. The van der Waals surface area contributed by atoms with Crippen LogP contribution in [0.5, 0.6) is 5.88 Å². The monoisotopic (exact) mass is 312 g/mol. The van der Waals surface area contributed by atoms with Gasteiger partial charge in [0.25, 0.3) is 0 Å². The van der Waals surface area contributed by atoms with Crippen LogP contribution >= 0.6 is 27.7 Å². The fraction of sp³-hybridized carbons (Fsp3) is 0.100. The van der Waals surface area contributed by atoms with Crippen molar-refractivity contribution in [2.45, 2.75) is 10.1 Å². The molecule has 0 atom stereocenters. The van der Waals surface area contributed by atoms with Crippen molar-refractivity contribution in [1.82, 2.24) is 15.0 Å². The zero-order valence-electron chi connectivity index (χ0n) is 8.92. The number of anilines is 1. The zero-order valence-corrected chi connectivity index (χ0v) is 11.3. The molecule has 2 heterocycles. The topological polar surface area (TPSA) is 73.9 Å². The second-order valence-corrected chi connectivity index (χ2v) is 4.98. The summed E-state index contributed by atoms with van der Waals surface area (Å²) in [6, 6.07) is 5.52. The molecule has 88 valence electrons. The highest BCUT2D eigenvalue weighted by Gasteiger charge is 2.05. The van der Waals surface area contributed by atoms with Gasteiger partial charge in [-0.05, 0) is 39.8 Å². The Morgan fingerprint density at radius 3 is 2.76 bits per heavy atom. The quantitative estimate of drug-likeness (QED) is 0.877. The fourth-order valence-electron chi connectivity index (χ4n) is 1.11. The molecule has 17 heavy (non-hydrogen) atoms. The molecule has 2 N–H and O–H groups in total. The van der Waals surface area contributed by atoms with E-state index in [0.29, 0.717) is 10.9 Å². The Morgan fingerprint density at radius 1 is 1.29 bits per heavy atom. The molecule has 0 aromatic carbocycles. The maximum atomic E-state index is 5.57. The van der Waals surface area contributed by atoms with Crippen LogP contribution in [0.1, 0.15) is 0 Å². The standard InChI is InChI=1S/C10H9BrN4OS/c1-16-7-4-9(15-10(12)14-7)17-8-3-2-6(11)5-13-8/h2-5H,1H3,(H2,12,14,15). The summed E-state index contributed by atoms with van der Waals surface area (Å²) in [5.74, 6) is 0.626. The number of ether oxygens (including phenoxy) is 1. The van der Waals surface area contributed by atoms with E-state index in [9.17, 15) is 0 Å². The van der Waals surface area contributed by atoms with Crippen LogP contribution in [-0.2, 0) is 0 Å². The number of aromatic nitrogens is 3. The second kappa shape index (κ2) is 5.33. The van der Waals surface area contributed by atoms with Crippen molar-refractivity contribution < 1.29 is 4.74 Å². The molecule has 2 aromatic heterocycles. The van der Waals surface area contributed by atoms with Gasteiger partial charge >= 0.3 is 0 Å². The van der Waals surface area contributed by atoms with E-state index in [2.05, 4.69) is 30.9 Å². The van der Waals surface area contributed by atoms with Crippen molar-refractivity contribution in [1.29, 1.82) is 0 Å². The van der Waals surface area contributed by atoms with Gasteiger partial charge in [0.2, 0.25) is 11.8 Å². The number of nitrogens with zero attached hydrogens (tertiary/aromatic N) is 3. The average Bonchev–Trinajstić information content (AvgIpc) is 2.31. The number of rotatable bonds is 3. The largest absolute Gasteiger partial charge is 0.481 e. The van der Waals surface area contributed by atoms with Gasteiger partial charge in [-0.25, -0.2) is 9.97 Å². The predicted octanol–water partition coefficient (Wildman–Crippen LogP) is 2.38. The molecule has 0 aliphatic rings. The highest BCUT2D eigenvalue weighted by atomic mass is 79.9. The molecular weight excluding hydrogens is 304 g/mol. The maximum Gasteiger partial charge on any atom is 0.224 e. The molecule has 0 aliphatic carbocycles. The van der Waals surface area contributed by atoms with Gasteiger partial charge in [-0.1, -0.05) is 0 Å². The molecule has 2 aromatic rings. The summed E-state index contributed by atoms with van der Waals surface area (Å²) in [6.07, 6.45) is 1.73. The lowest BCUT2D eigenvalue weighted by molar-refractivity contribution is 0.396. The van der Waals surface area contributed by atoms with Crippen LogP contribution in [0.15, 0.2) is 38.9 Å². The normalized spacial score (nSPS) is 10.2. The molecule has 0 spiro atoms.